The monoisotopic (exact) mass is 400 g/mol. The Labute approximate surface area is 166 Å². The fourth-order valence-corrected chi connectivity index (χ4v) is 3.77. The third kappa shape index (κ3) is 4.72. The van der Waals surface area contributed by atoms with Gasteiger partial charge in [0.2, 0.25) is 0 Å². The van der Waals surface area contributed by atoms with Crippen molar-refractivity contribution in [3.8, 4) is 0 Å². The van der Waals surface area contributed by atoms with Gasteiger partial charge in [0.25, 0.3) is 5.91 Å². The maximum Gasteiger partial charge on any atom is 0.306 e. The van der Waals surface area contributed by atoms with Gasteiger partial charge in [-0.1, -0.05) is 30.3 Å². The predicted octanol–water partition coefficient (Wildman–Crippen LogP) is 4.13. The number of ether oxygens (including phenoxy) is 1. The molecule has 3 aromatic rings. The van der Waals surface area contributed by atoms with Gasteiger partial charge in [0.1, 0.15) is 10.8 Å². The average molecular weight is 400 g/mol. The van der Waals surface area contributed by atoms with Crippen LogP contribution in [0.15, 0.2) is 48.5 Å². The summed E-state index contributed by atoms with van der Waals surface area (Å²) in [4.78, 5) is 30.3. The number of aryl methyl sites for hydroxylation is 1. The topological polar surface area (TPSA) is 59.5 Å². The minimum atomic E-state index is -0.530. The van der Waals surface area contributed by atoms with Gasteiger partial charge < -0.3 is 9.64 Å². The van der Waals surface area contributed by atoms with E-state index in [1.54, 1.807) is 25.2 Å². The van der Waals surface area contributed by atoms with Gasteiger partial charge in [-0.05, 0) is 37.1 Å². The van der Waals surface area contributed by atoms with Crippen LogP contribution in [-0.2, 0) is 20.7 Å². The molecule has 0 N–H and O–H groups in total. The third-order valence-corrected chi connectivity index (χ3v) is 5.76. The van der Waals surface area contributed by atoms with E-state index in [-0.39, 0.29) is 37.2 Å². The molecule has 146 valence electrons. The molecule has 0 aliphatic carbocycles. The van der Waals surface area contributed by atoms with E-state index in [0.29, 0.717) is 5.56 Å². The average Bonchev–Trinajstić information content (AvgIpc) is 3.14. The fraction of sp³-hybridized carbons (Fsp3) is 0.286. The number of likely N-dealkylation sites (N-methyl/N-ethyl adjacent to an activating group) is 1. The zero-order valence-corrected chi connectivity index (χ0v) is 16.5. The maximum atomic E-state index is 13.6. The van der Waals surface area contributed by atoms with Crippen molar-refractivity contribution in [2.24, 2.45) is 0 Å². The second kappa shape index (κ2) is 8.93. The Bertz CT molecular complexity index is 955. The first-order valence-corrected chi connectivity index (χ1v) is 9.77. The minimum Gasteiger partial charge on any atom is -0.456 e. The van der Waals surface area contributed by atoms with Gasteiger partial charge in [0, 0.05) is 13.5 Å². The largest absolute Gasteiger partial charge is 0.456 e. The van der Waals surface area contributed by atoms with E-state index < -0.39 is 5.97 Å². The predicted molar refractivity (Wildman–Crippen MR) is 106 cm³/mol. The summed E-state index contributed by atoms with van der Waals surface area (Å²) < 4.78 is 19.7. The molecular weight excluding hydrogens is 379 g/mol. The number of carbonyl (C=O) groups is 2. The lowest BCUT2D eigenvalue weighted by Crippen LogP contribution is -2.33. The molecule has 0 saturated carbocycles. The zero-order chi connectivity index (χ0) is 20.1. The van der Waals surface area contributed by atoms with Crippen molar-refractivity contribution >= 4 is 33.4 Å². The summed E-state index contributed by atoms with van der Waals surface area (Å²) in [5.41, 5.74) is 1.35. The van der Waals surface area contributed by atoms with Crippen LogP contribution in [0, 0.1) is 5.82 Å². The number of benzene rings is 2. The highest BCUT2D eigenvalue weighted by atomic mass is 32.1. The smallest absolute Gasteiger partial charge is 0.306 e. The molecule has 0 bridgehead atoms. The molecule has 1 aromatic heterocycles. The number of amides is 1. The summed E-state index contributed by atoms with van der Waals surface area (Å²) in [7, 11) is 1.66. The van der Waals surface area contributed by atoms with Crippen LogP contribution in [-0.4, -0.2) is 35.4 Å². The number of fused-ring (bicyclic) bond motifs is 1. The van der Waals surface area contributed by atoms with Crippen LogP contribution in [0.25, 0.3) is 10.2 Å². The SMILES string of the molecule is C[C@@H](c1nc2ccccc2s1)N(C)C(=O)COC(=O)CCc1ccccc1F. The lowest BCUT2D eigenvalue weighted by molar-refractivity contribution is -0.152. The second-order valence-electron chi connectivity index (χ2n) is 6.45. The van der Waals surface area contributed by atoms with E-state index >= 15 is 0 Å². The summed E-state index contributed by atoms with van der Waals surface area (Å²) in [6, 6.07) is 13.8. The molecule has 0 saturated heterocycles. The van der Waals surface area contributed by atoms with E-state index in [1.807, 2.05) is 31.2 Å². The van der Waals surface area contributed by atoms with Crippen LogP contribution < -0.4 is 0 Å². The summed E-state index contributed by atoms with van der Waals surface area (Å²) in [5, 5.41) is 0.822. The highest BCUT2D eigenvalue weighted by Gasteiger charge is 2.21. The molecule has 1 amide bonds. The standard InChI is InChI=1S/C21H21FN2O3S/c1-14(21-23-17-9-5-6-10-18(17)28-21)24(2)19(25)13-27-20(26)12-11-15-7-3-4-8-16(15)22/h3-10,14H,11-13H2,1-2H3/t14-/m0/s1. The van der Waals surface area contributed by atoms with Crippen molar-refractivity contribution in [1.82, 2.24) is 9.88 Å². The van der Waals surface area contributed by atoms with Crippen molar-refractivity contribution in [1.29, 1.82) is 0 Å². The Morgan fingerprint density at radius 2 is 1.89 bits per heavy atom. The quantitative estimate of drug-likeness (QED) is 0.560. The second-order valence-corrected chi connectivity index (χ2v) is 7.51. The van der Waals surface area contributed by atoms with Crippen LogP contribution in [0.3, 0.4) is 0 Å². The van der Waals surface area contributed by atoms with Crippen LogP contribution in [0.4, 0.5) is 4.39 Å². The zero-order valence-electron chi connectivity index (χ0n) is 15.7. The molecule has 1 heterocycles. The number of nitrogens with zero attached hydrogens (tertiary/aromatic N) is 2. The number of halogens is 1. The molecule has 1 atom stereocenters. The molecule has 28 heavy (non-hydrogen) atoms. The first kappa shape index (κ1) is 19.9. The number of hydrogen-bond acceptors (Lipinski definition) is 5. The molecule has 0 aliphatic heterocycles. The summed E-state index contributed by atoms with van der Waals surface area (Å²) in [5.74, 6) is -1.19. The van der Waals surface area contributed by atoms with Crippen molar-refractivity contribution in [2.45, 2.75) is 25.8 Å². The summed E-state index contributed by atoms with van der Waals surface area (Å²) >= 11 is 1.53. The van der Waals surface area contributed by atoms with Gasteiger partial charge in [-0.2, -0.15) is 0 Å². The number of esters is 1. The highest BCUT2D eigenvalue weighted by molar-refractivity contribution is 7.18. The molecule has 0 unspecified atom stereocenters. The van der Waals surface area contributed by atoms with Gasteiger partial charge in [-0.25, -0.2) is 9.37 Å². The number of hydrogen-bond donors (Lipinski definition) is 0. The normalized spacial score (nSPS) is 12.0. The summed E-state index contributed by atoms with van der Waals surface area (Å²) in [6.45, 7) is 1.54. The van der Waals surface area contributed by atoms with Crippen molar-refractivity contribution in [3.05, 3.63) is 64.9 Å². The summed E-state index contributed by atoms with van der Waals surface area (Å²) in [6.07, 6.45) is 0.253. The van der Waals surface area contributed by atoms with Crippen LogP contribution in [0.1, 0.15) is 30.0 Å². The number of carbonyl (C=O) groups excluding carboxylic acids is 2. The minimum absolute atomic E-state index is 0.0192. The Kier molecular flexibility index (Phi) is 6.36. The van der Waals surface area contributed by atoms with Crippen molar-refractivity contribution in [2.75, 3.05) is 13.7 Å². The lowest BCUT2D eigenvalue weighted by Gasteiger charge is -2.23. The Morgan fingerprint density at radius 3 is 2.64 bits per heavy atom. The fourth-order valence-electron chi connectivity index (χ4n) is 2.70. The molecule has 7 heteroatoms. The first-order chi connectivity index (χ1) is 13.5. The van der Waals surface area contributed by atoms with E-state index in [4.69, 9.17) is 4.74 Å². The van der Waals surface area contributed by atoms with Crippen molar-refractivity contribution < 1.29 is 18.7 Å². The molecule has 0 fully saturated rings. The van der Waals surface area contributed by atoms with Gasteiger partial charge >= 0.3 is 5.97 Å². The Morgan fingerprint density at radius 1 is 1.18 bits per heavy atom. The number of rotatable bonds is 7. The van der Waals surface area contributed by atoms with Crippen LogP contribution >= 0.6 is 11.3 Å². The van der Waals surface area contributed by atoms with Gasteiger partial charge in [0.05, 0.1) is 16.3 Å². The Hall–Kier alpha value is -2.80. The van der Waals surface area contributed by atoms with Gasteiger partial charge in [-0.15, -0.1) is 11.3 Å². The molecule has 0 spiro atoms. The van der Waals surface area contributed by atoms with E-state index in [1.165, 1.54) is 22.3 Å². The molecule has 5 nitrogen and oxygen atoms in total. The molecule has 2 aromatic carbocycles. The van der Waals surface area contributed by atoms with E-state index in [9.17, 15) is 14.0 Å². The first-order valence-electron chi connectivity index (χ1n) is 8.96. The molecular formula is C21H21FN2O3S. The van der Waals surface area contributed by atoms with E-state index in [0.717, 1.165) is 15.2 Å². The molecule has 0 aliphatic rings. The van der Waals surface area contributed by atoms with E-state index in [2.05, 4.69) is 4.98 Å². The maximum absolute atomic E-state index is 13.6. The molecule has 0 radical (unpaired) electrons. The molecule has 3 rings (SSSR count). The number of thiazole rings is 1. The van der Waals surface area contributed by atoms with Gasteiger partial charge in [-0.3, -0.25) is 9.59 Å². The van der Waals surface area contributed by atoms with Crippen molar-refractivity contribution in [3.63, 3.8) is 0 Å². The number of aromatic nitrogens is 1. The lowest BCUT2D eigenvalue weighted by atomic mass is 10.1. The third-order valence-electron chi connectivity index (χ3n) is 4.56. The highest BCUT2D eigenvalue weighted by Crippen LogP contribution is 2.28. The van der Waals surface area contributed by atoms with Gasteiger partial charge in [0.15, 0.2) is 6.61 Å². The number of para-hydroxylation sites is 1. The van der Waals surface area contributed by atoms with Crippen LogP contribution in [0.2, 0.25) is 0 Å². The van der Waals surface area contributed by atoms with Crippen LogP contribution in [0.5, 0.6) is 0 Å². The Balaban J connectivity index is 1.50.